The lowest BCUT2D eigenvalue weighted by molar-refractivity contribution is -0.140. The van der Waals surface area contributed by atoms with Crippen LogP contribution in [0.25, 0.3) is 0 Å². The Bertz CT molecular complexity index is 1400. The van der Waals surface area contributed by atoms with E-state index in [9.17, 15) is 22.4 Å². The molecule has 0 aliphatic carbocycles. The molecule has 2 amide bonds. The average Bonchev–Trinajstić information content (AvgIpc) is 2.90. The zero-order chi connectivity index (χ0) is 28.6. The quantitative estimate of drug-likeness (QED) is 0.305. The maximum atomic E-state index is 13.4. The lowest BCUT2D eigenvalue weighted by atomic mass is 10.1. The van der Waals surface area contributed by atoms with Crippen LogP contribution in [0.5, 0.6) is 0 Å². The van der Waals surface area contributed by atoms with Gasteiger partial charge in [-0.25, -0.2) is 17.5 Å². The van der Waals surface area contributed by atoms with E-state index in [1.54, 1.807) is 56.3 Å². The number of aryl methyl sites for hydroxylation is 1. The normalized spacial score (nSPS) is 12.1. The van der Waals surface area contributed by atoms with Crippen LogP contribution in [0.2, 0.25) is 10.0 Å². The highest BCUT2D eigenvalue weighted by atomic mass is 35.5. The van der Waals surface area contributed by atoms with Crippen LogP contribution in [-0.4, -0.2) is 37.7 Å². The van der Waals surface area contributed by atoms with E-state index in [0.29, 0.717) is 27.6 Å². The molecule has 1 atom stereocenters. The van der Waals surface area contributed by atoms with Gasteiger partial charge >= 0.3 is 0 Å². The van der Waals surface area contributed by atoms with Crippen LogP contribution in [0.4, 0.5) is 4.39 Å². The number of benzene rings is 3. The second-order valence-electron chi connectivity index (χ2n) is 8.92. The van der Waals surface area contributed by atoms with E-state index in [4.69, 9.17) is 23.2 Å². The molecule has 39 heavy (non-hydrogen) atoms. The standard InChI is InChI=1S/C28H30Cl2FN3O4S/c1-3-33-39(37,38)25-13-6-20(7-14-25)8-15-27(35)34(18-21-4-11-24(31)12-5-21)19(2)28(36)32-17-22-9-10-23(29)16-26(22)30/h4-7,9-14,16,19,33H,3,8,15,17-18H2,1-2H3,(H,32,36). The summed E-state index contributed by atoms with van der Waals surface area (Å²) in [5.74, 6) is -1.06. The number of rotatable bonds is 12. The largest absolute Gasteiger partial charge is 0.350 e. The Hall–Kier alpha value is -2.98. The number of hydrogen-bond acceptors (Lipinski definition) is 4. The number of halogens is 3. The molecule has 0 aromatic heterocycles. The molecule has 0 fully saturated rings. The van der Waals surface area contributed by atoms with Crippen molar-refractivity contribution < 1.29 is 22.4 Å². The van der Waals surface area contributed by atoms with E-state index in [0.717, 1.165) is 5.56 Å². The monoisotopic (exact) mass is 593 g/mol. The molecule has 3 rings (SSSR count). The third kappa shape index (κ3) is 8.76. The number of carbonyl (C=O) groups is 2. The van der Waals surface area contributed by atoms with Crippen molar-refractivity contribution in [2.24, 2.45) is 0 Å². The Balaban J connectivity index is 1.71. The van der Waals surface area contributed by atoms with Crippen LogP contribution >= 0.6 is 23.2 Å². The van der Waals surface area contributed by atoms with Crippen molar-refractivity contribution in [2.75, 3.05) is 6.54 Å². The van der Waals surface area contributed by atoms with Gasteiger partial charge in [0.2, 0.25) is 21.8 Å². The van der Waals surface area contributed by atoms with Crippen LogP contribution in [0.3, 0.4) is 0 Å². The molecule has 208 valence electrons. The molecule has 11 heteroatoms. The molecular weight excluding hydrogens is 564 g/mol. The van der Waals surface area contributed by atoms with Crippen molar-refractivity contribution in [1.29, 1.82) is 0 Å². The van der Waals surface area contributed by atoms with Crippen LogP contribution < -0.4 is 10.0 Å². The van der Waals surface area contributed by atoms with Crippen molar-refractivity contribution in [3.05, 3.63) is 99.3 Å². The molecule has 0 saturated carbocycles. The Morgan fingerprint density at radius 3 is 2.23 bits per heavy atom. The summed E-state index contributed by atoms with van der Waals surface area (Å²) in [5.41, 5.74) is 2.12. The number of amides is 2. The fraction of sp³-hybridized carbons (Fsp3) is 0.286. The van der Waals surface area contributed by atoms with E-state index in [2.05, 4.69) is 10.0 Å². The van der Waals surface area contributed by atoms with Crippen molar-refractivity contribution in [3.8, 4) is 0 Å². The first kappa shape index (κ1) is 30.6. The van der Waals surface area contributed by atoms with Crippen molar-refractivity contribution in [1.82, 2.24) is 14.9 Å². The highest BCUT2D eigenvalue weighted by Crippen LogP contribution is 2.21. The lowest BCUT2D eigenvalue weighted by Crippen LogP contribution is -2.47. The zero-order valence-corrected chi connectivity index (χ0v) is 23.9. The van der Waals surface area contributed by atoms with Crippen molar-refractivity contribution >= 4 is 45.0 Å². The van der Waals surface area contributed by atoms with Crippen LogP contribution in [0, 0.1) is 5.82 Å². The summed E-state index contributed by atoms with van der Waals surface area (Å²) >= 11 is 12.1. The third-order valence-electron chi connectivity index (χ3n) is 6.10. The molecule has 0 aliphatic rings. The Kier molecular flexibility index (Phi) is 10.9. The second-order valence-corrected chi connectivity index (χ2v) is 11.5. The first-order chi connectivity index (χ1) is 18.5. The second kappa shape index (κ2) is 13.9. The van der Waals surface area contributed by atoms with E-state index < -0.39 is 21.9 Å². The summed E-state index contributed by atoms with van der Waals surface area (Å²) in [6.45, 7) is 3.86. The van der Waals surface area contributed by atoms with Gasteiger partial charge in [-0.05, 0) is 66.4 Å². The van der Waals surface area contributed by atoms with Crippen LogP contribution in [-0.2, 0) is 39.1 Å². The first-order valence-electron chi connectivity index (χ1n) is 12.3. The third-order valence-corrected chi connectivity index (χ3v) is 8.25. The average molecular weight is 595 g/mol. The zero-order valence-electron chi connectivity index (χ0n) is 21.6. The Labute approximate surface area is 238 Å². The van der Waals surface area contributed by atoms with Gasteiger partial charge in [0, 0.05) is 36.1 Å². The summed E-state index contributed by atoms with van der Waals surface area (Å²) in [4.78, 5) is 28.0. The predicted octanol–water partition coefficient (Wildman–Crippen LogP) is 5.10. The SMILES string of the molecule is CCNS(=O)(=O)c1ccc(CCC(=O)N(Cc2ccc(F)cc2)C(C)C(=O)NCc2ccc(Cl)cc2Cl)cc1. The van der Waals surface area contributed by atoms with E-state index in [1.165, 1.54) is 29.2 Å². The summed E-state index contributed by atoms with van der Waals surface area (Å²) in [5, 5.41) is 3.71. The Morgan fingerprint density at radius 2 is 1.62 bits per heavy atom. The van der Waals surface area contributed by atoms with Gasteiger partial charge in [-0.3, -0.25) is 9.59 Å². The molecule has 7 nitrogen and oxygen atoms in total. The molecule has 3 aromatic carbocycles. The number of nitrogens with one attached hydrogen (secondary N) is 2. The van der Waals surface area contributed by atoms with Crippen molar-refractivity contribution in [3.63, 3.8) is 0 Å². The number of sulfonamides is 1. The molecule has 0 radical (unpaired) electrons. The maximum absolute atomic E-state index is 13.4. The summed E-state index contributed by atoms with van der Waals surface area (Å²) in [7, 11) is -3.57. The highest BCUT2D eigenvalue weighted by molar-refractivity contribution is 7.89. The molecule has 0 bridgehead atoms. The smallest absolute Gasteiger partial charge is 0.242 e. The lowest BCUT2D eigenvalue weighted by Gasteiger charge is -2.29. The number of carbonyl (C=O) groups excluding carboxylic acids is 2. The minimum atomic E-state index is -3.57. The molecule has 1 unspecified atom stereocenters. The van der Waals surface area contributed by atoms with Gasteiger partial charge in [0.25, 0.3) is 0 Å². The molecule has 2 N–H and O–H groups in total. The van der Waals surface area contributed by atoms with E-state index in [-0.39, 0.29) is 42.8 Å². The minimum absolute atomic E-state index is 0.0845. The molecular formula is C28H30Cl2FN3O4S. The van der Waals surface area contributed by atoms with Gasteiger partial charge in [-0.15, -0.1) is 0 Å². The molecule has 0 heterocycles. The molecule has 0 aliphatic heterocycles. The van der Waals surface area contributed by atoms with E-state index >= 15 is 0 Å². The predicted molar refractivity (Wildman–Crippen MR) is 150 cm³/mol. The van der Waals surface area contributed by atoms with E-state index in [1.807, 2.05) is 0 Å². The van der Waals surface area contributed by atoms with Gasteiger partial charge in [0.1, 0.15) is 11.9 Å². The fourth-order valence-electron chi connectivity index (χ4n) is 3.87. The van der Waals surface area contributed by atoms with Crippen molar-refractivity contribution in [2.45, 2.75) is 50.7 Å². The van der Waals surface area contributed by atoms with Gasteiger partial charge in [0.05, 0.1) is 4.90 Å². The minimum Gasteiger partial charge on any atom is -0.350 e. The molecule has 0 spiro atoms. The summed E-state index contributed by atoms with van der Waals surface area (Å²) < 4.78 is 40.2. The van der Waals surface area contributed by atoms with Crippen LogP contribution in [0.15, 0.2) is 71.6 Å². The van der Waals surface area contributed by atoms with Gasteiger partial charge in [-0.1, -0.05) is 60.5 Å². The highest BCUT2D eigenvalue weighted by Gasteiger charge is 2.26. The van der Waals surface area contributed by atoms with Gasteiger partial charge in [0.15, 0.2) is 0 Å². The number of nitrogens with zero attached hydrogens (tertiary/aromatic N) is 1. The molecule has 0 saturated heterocycles. The first-order valence-corrected chi connectivity index (χ1v) is 14.6. The maximum Gasteiger partial charge on any atom is 0.242 e. The summed E-state index contributed by atoms with van der Waals surface area (Å²) in [6, 6.07) is 16.2. The molecule has 3 aromatic rings. The fourth-order valence-corrected chi connectivity index (χ4v) is 5.38. The summed E-state index contributed by atoms with van der Waals surface area (Å²) in [6.07, 6.45) is 0.427. The van der Waals surface area contributed by atoms with Gasteiger partial charge < -0.3 is 10.2 Å². The topological polar surface area (TPSA) is 95.6 Å². The van der Waals surface area contributed by atoms with Gasteiger partial charge in [-0.2, -0.15) is 0 Å². The van der Waals surface area contributed by atoms with Crippen LogP contribution in [0.1, 0.15) is 37.0 Å². The Morgan fingerprint density at radius 1 is 0.974 bits per heavy atom. The number of hydrogen-bond donors (Lipinski definition) is 2.